The zero-order valence-corrected chi connectivity index (χ0v) is 19.4. The van der Waals surface area contributed by atoms with Gasteiger partial charge in [0.15, 0.2) is 11.5 Å². The predicted octanol–water partition coefficient (Wildman–Crippen LogP) is 4.77. The number of rotatable bonds is 8. The van der Waals surface area contributed by atoms with Gasteiger partial charge in [0.05, 0.1) is 32.4 Å². The van der Waals surface area contributed by atoms with Crippen molar-refractivity contribution < 1.29 is 23.8 Å². The van der Waals surface area contributed by atoms with Crippen molar-refractivity contribution in [3.63, 3.8) is 0 Å². The highest BCUT2D eigenvalue weighted by atomic mass is 16.6. The molecule has 1 N–H and O–H groups in total. The van der Waals surface area contributed by atoms with E-state index in [0.717, 1.165) is 16.3 Å². The van der Waals surface area contributed by atoms with E-state index in [1.807, 2.05) is 42.5 Å². The molecule has 0 aromatic heterocycles. The van der Waals surface area contributed by atoms with E-state index in [9.17, 15) is 9.59 Å². The third-order valence-electron chi connectivity index (χ3n) is 5.35. The van der Waals surface area contributed by atoms with Crippen LogP contribution in [0.1, 0.15) is 21.5 Å². The summed E-state index contributed by atoms with van der Waals surface area (Å²) in [5, 5.41) is 6.17. The molecule has 0 heterocycles. The molecule has 0 aliphatic rings. The summed E-state index contributed by atoms with van der Waals surface area (Å²) in [6.45, 7) is 0. The van der Waals surface area contributed by atoms with Crippen LogP contribution in [0, 0.1) is 0 Å². The van der Waals surface area contributed by atoms with Crippen LogP contribution in [0.2, 0.25) is 0 Å². The highest BCUT2D eigenvalue weighted by molar-refractivity contribution is 5.92. The maximum Gasteiger partial charge on any atom is 0.343 e. The minimum atomic E-state index is -0.520. The highest BCUT2D eigenvalue weighted by Crippen LogP contribution is 2.28. The number of hydrogen-bond donors (Lipinski definition) is 1. The second-order valence-corrected chi connectivity index (χ2v) is 7.64. The molecular weight excluding hydrogens is 444 g/mol. The average molecular weight is 469 g/mol. The summed E-state index contributed by atoms with van der Waals surface area (Å²) in [5.74, 6) is 0.526. The first-order chi connectivity index (χ1) is 17.1. The Labute approximate surface area is 202 Å². The first kappa shape index (κ1) is 23.5. The van der Waals surface area contributed by atoms with Gasteiger partial charge in [-0.25, -0.2) is 10.2 Å². The van der Waals surface area contributed by atoms with Crippen molar-refractivity contribution in [3.8, 4) is 17.2 Å². The lowest BCUT2D eigenvalue weighted by Gasteiger charge is -2.10. The van der Waals surface area contributed by atoms with Crippen molar-refractivity contribution in [3.05, 3.63) is 102 Å². The number of nitrogens with zero attached hydrogens (tertiary/aromatic N) is 1. The molecule has 7 heteroatoms. The summed E-state index contributed by atoms with van der Waals surface area (Å²) >= 11 is 0. The molecule has 1 amide bonds. The zero-order chi connectivity index (χ0) is 24.6. The number of carbonyl (C=O) groups is 2. The SMILES string of the molecule is COc1ccc(C(=O)Oc2ccc(/C=N\NC(=O)Cc3cccc4ccccc34)cc2OC)cc1. The van der Waals surface area contributed by atoms with E-state index in [1.54, 1.807) is 49.6 Å². The minimum Gasteiger partial charge on any atom is -0.497 e. The van der Waals surface area contributed by atoms with Crippen molar-refractivity contribution in [2.24, 2.45) is 5.10 Å². The Hall–Kier alpha value is -4.65. The average Bonchev–Trinajstić information content (AvgIpc) is 2.89. The standard InChI is InChI=1S/C28H24N2O5/c1-33-23-13-11-21(12-14-23)28(32)35-25-15-10-19(16-26(25)34-2)18-29-30-27(31)17-22-8-5-7-20-6-3-4-9-24(20)22/h3-16,18H,17H2,1-2H3,(H,30,31)/b29-18-. The molecule has 4 aromatic carbocycles. The van der Waals surface area contributed by atoms with Crippen LogP contribution >= 0.6 is 0 Å². The number of ether oxygens (including phenoxy) is 3. The van der Waals surface area contributed by atoms with Gasteiger partial charge >= 0.3 is 5.97 Å². The first-order valence-corrected chi connectivity index (χ1v) is 10.9. The molecule has 0 bridgehead atoms. The quantitative estimate of drug-likeness (QED) is 0.174. The molecule has 7 nitrogen and oxygen atoms in total. The first-order valence-electron chi connectivity index (χ1n) is 10.9. The Balaban J connectivity index is 1.38. The molecule has 0 saturated heterocycles. The molecule has 0 spiro atoms. The molecule has 0 saturated carbocycles. The Morgan fingerprint density at radius 1 is 0.857 bits per heavy atom. The zero-order valence-electron chi connectivity index (χ0n) is 19.4. The maximum atomic E-state index is 12.5. The summed E-state index contributed by atoms with van der Waals surface area (Å²) in [7, 11) is 3.03. The van der Waals surface area contributed by atoms with E-state index in [4.69, 9.17) is 14.2 Å². The number of hydrazone groups is 1. The molecule has 176 valence electrons. The molecule has 0 atom stereocenters. The Morgan fingerprint density at radius 3 is 2.40 bits per heavy atom. The number of esters is 1. The van der Waals surface area contributed by atoms with Crippen molar-refractivity contribution in [1.29, 1.82) is 0 Å². The fraction of sp³-hybridized carbons (Fsp3) is 0.107. The van der Waals surface area contributed by atoms with Gasteiger partial charge in [-0.15, -0.1) is 0 Å². The van der Waals surface area contributed by atoms with Crippen molar-refractivity contribution in [2.45, 2.75) is 6.42 Å². The number of hydrogen-bond acceptors (Lipinski definition) is 6. The molecular formula is C28H24N2O5. The molecule has 0 aliphatic heterocycles. The summed E-state index contributed by atoms with van der Waals surface area (Å²) in [4.78, 5) is 24.9. The topological polar surface area (TPSA) is 86.2 Å². The van der Waals surface area contributed by atoms with Crippen molar-refractivity contribution in [2.75, 3.05) is 14.2 Å². The number of fused-ring (bicyclic) bond motifs is 1. The van der Waals surface area contributed by atoms with Crippen LogP contribution < -0.4 is 19.6 Å². The molecule has 4 aromatic rings. The maximum absolute atomic E-state index is 12.5. The number of carbonyl (C=O) groups excluding carboxylic acids is 2. The smallest absolute Gasteiger partial charge is 0.343 e. The highest BCUT2D eigenvalue weighted by Gasteiger charge is 2.13. The second-order valence-electron chi connectivity index (χ2n) is 7.64. The van der Waals surface area contributed by atoms with Gasteiger partial charge in [-0.1, -0.05) is 42.5 Å². The lowest BCUT2D eigenvalue weighted by atomic mass is 10.0. The van der Waals surface area contributed by atoms with Gasteiger partial charge < -0.3 is 14.2 Å². The van der Waals surface area contributed by atoms with Crippen molar-refractivity contribution >= 4 is 28.9 Å². The number of benzene rings is 4. The van der Waals surface area contributed by atoms with Gasteiger partial charge in [-0.05, 0) is 64.4 Å². The summed E-state index contributed by atoms with van der Waals surface area (Å²) in [5.41, 5.74) is 4.53. The van der Waals surface area contributed by atoms with Crippen LogP contribution in [-0.2, 0) is 11.2 Å². The Bertz CT molecular complexity index is 1370. The molecule has 0 radical (unpaired) electrons. The van der Waals surface area contributed by atoms with E-state index in [0.29, 0.717) is 22.6 Å². The Morgan fingerprint density at radius 2 is 1.63 bits per heavy atom. The van der Waals surface area contributed by atoms with Gasteiger partial charge in [0.1, 0.15) is 5.75 Å². The van der Waals surface area contributed by atoms with Gasteiger partial charge in [-0.2, -0.15) is 5.10 Å². The number of amides is 1. The lowest BCUT2D eigenvalue weighted by Crippen LogP contribution is -2.19. The van der Waals surface area contributed by atoms with Gasteiger partial charge in [0.25, 0.3) is 0 Å². The number of nitrogens with one attached hydrogen (secondary N) is 1. The third kappa shape index (κ3) is 5.83. The van der Waals surface area contributed by atoms with Crippen LogP contribution in [0.5, 0.6) is 17.2 Å². The Kier molecular flexibility index (Phi) is 7.37. The number of methoxy groups -OCH3 is 2. The normalized spacial score (nSPS) is 10.8. The molecule has 4 rings (SSSR count). The van der Waals surface area contributed by atoms with Crippen LogP contribution in [0.3, 0.4) is 0 Å². The molecule has 0 unspecified atom stereocenters. The lowest BCUT2D eigenvalue weighted by molar-refractivity contribution is -0.120. The fourth-order valence-electron chi connectivity index (χ4n) is 3.57. The molecule has 35 heavy (non-hydrogen) atoms. The summed E-state index contributed by atoms with van der Waals surface area (Å²) < 4.78 is 15.9. The van der Waals surface area contributed by atoms with Crippen LogP contribution in [0.15, 0.2) is 90.0 Å². The minimum absolute atomic E-state index is 0.211. The second kappa shape index (κ2) is 11.0. The van der Waals surface area contributed by atoms with Gasteiger partial charge in [-0.3, -0.25) is 4.79 Å². The van der Waals surface area contributed by atoms with Gasteiger partial charge in [0, 0.05) is 0 Å². The third-order valence-corrected chi connectivity index (χ3v) is 5.35. The summed E-state index contributed by atoms with van der Waals surface area (Å²) in [6.07, 6.45) is 1.71. The fourth-order valence-corrected chi connectivity index (χ4v) is 3.57. The van der Waals surface area contributed by atoms with Crippen LogP contribution in [0.25, 0.3) is 10.8 Å². The van der Waals surface area contributed by atoms with Crippen LogP contribution in [0.4, 0.5) is 0 Å². The summed E-state index contributed by atoms with van der Waals surface area (Å²) in [6, 6.07) is 25.4. The van der Waals surface area contributed by atoms with E-state index >= 15 is 0 Å². The van der Waals surface area contributed by atoms with Crippen LogP contribution in [-0.4, -0.2) is 32.3 Å². The van der Waals surface area contributed by atoms with E-state index < -0.39 is 5.97 Å². The van der Waals surface area contributed by atoms with E-state index in [2.05, 4.69) is 10.5 Å². The largest absolute Gasteiger partial charge is 0.497 e. The van der Waals surface area contributed by atoms with E-state index in [1.165, 1.54) is 13.3 Å². The van der Waals surface area contributed by atoms with E-state index in [-0.39, 0.29) is 18.1 Å². The monoisotopic (exact) mass is 468 g/mol. The van der Waals surface area contributed by atoms with Crippen molar-refractivity contribution in [1.82, 2.24) is 5.43 Å². The predicted molar refractivity (Wildman–Crippen MR) is 134 cm³/mol. The molecule has 0 aliphatic carbocycles. The van der Waals surface area contributed by atoms with Gasteiger partial charge in [0.2, 0.25) is 5.91 Å². The molecule has 0 fully saturated rings.